The number of nitrogens with one attached hydrogen (secondary N) is 2. The van der Waals surface area contributed by atoms with Crippen molar-refractivity contribution < 1.29 is 19.5 Å². The van der Waals surface area contributed by atoms with E-state index in [1.165, 1.54) is 11.8 Å². The third kappa shape index (κ3) is 4.42. The minimum Gasteiger partial charge on any atom is -0.481 e. The van der Waals surface area contributed by atoms with Gasteiger partial charge in [0.25, 0.3) is 0 Å². The Kier molecular flexibility index (Phi) is 5.14. The SMILES string of the molecule is CC(=O)NCCNC(=O)N1CCCC(C)(C(=O)O)C1. The Balaban J connectivity index is 2.40. The van der Waals surface area contributed by atoms with Gasteiger partial charge in [-0.2, -0.15) is 0 Å². The van der Waals surface area contributed by atoms with Crippen LogP contribution < -0.4 is 10.6 Å². The summed E-state index contributed by atoms with van der Waals surface area (Å²) < 4.78 is 0. The van der Waals surface area contributed by atoms with E-state index in [4.69, 9.17) is 5.11 Å². The van der Waals surface area contributed by atoms with Crippen molar-refractivity contribution in [2.24, 2.45) is 5.41 Å². The molecule has 0 saturated carbocycles. The maximum atomic E-state index is 11.9. The number of urea groups is 1. The fourth-order valence-corrected chi connectivity index (χ4v) is 2.11. The highest BCUT2D eigenvalue weighted by Crippen LogP contribution is 2.29. The second kappa shape index (κ2) is 6.40. The first-order chi connectivity index (χ1) is 8.85. The van der Waals surface area contributed by atoms with Gasteiger partial charge in [0, 0.05) is 33.1 Å². The van der Waals surface area contributed by atoms with Crippen LogP contribution in [0.1, 0.15) is 26.7 Å². The van der Waals surface area contributed by atoms with Crippen molar-refractivity contribution in [1.82, 2.24) is 15.5 Å². The largest absolute Gasteiger partial charge is 0.481 e. The molecule has 3 N–H and O–H groups in total. The standard InChI is InChI=1S/C12H21N3O4/c1-9(16)13-5-6-14-11(19)15-7-3-4-12(2,8-15)10(17)18/h3-8H2,1-2H3,(H,13,16)(H,14,19)(H,17,18). The number of carbonyl (C=O) groups is 3. The Bertz CT molecular complexity index is 372. The minimum atomic E-state index is -0.872. The maximum absolute atomic E-state index is 11.9. The lowest BCUT2D eigenvalue weighted by Crippen LogP contribution is -2.52. The Morgan fingerprint density at radius 3 is 2.47 bits per heavy atom. The van der Waals surface area contributed by atoms with E-state index in [1.54, 1.807) is 6.92 Å². The lowest BCUT2D eigenvalue weighted by Gasteiger charge is -2.37. The molecule has 7 heteroatoms. The zero-order chi connectivity index (χ0) is 14.5. The average molecular weight is 271 g/mol. The molecule has 19 heavy (non-hydrogen) atoms. The molecule has 0 radical (unpaired) electrons. The van der Waals surface area contributed by atoms with Gasteiger partial charge in [-0.1, -0.05) is 0 Å². The molecule has 0 bridgehead atoms. The van der Waals surface area contributed by atoms with Gasteiger partial charge in [0.2, 0.25) is 5.91 Å². The van der Waals surface area contributed by atoms with Crippen molar-refractivity contribution in [3.63, 3.8) is 0 Å². The van der Waals surface area contributed by atoms with Gasteiger partial charge in [0.15, 0.2) is 0 Å². The highest BCUT2D eigenvalue weighted by molar-refractivity contribution is 5.78. The van der Waals surface area contributed by atoms with Gasteiger partial charge >= 0.3 is 12.0 Å². The first kappa shape index (κ1) is 15.3. The van der Waals surface area contributed by atoms with Gasteiger partial charge in [-0.25, -0.2) is 4.79 Å². The average Bonchev–Trinajstić information content (AvgIpc) is 2.34. The lowest BCUT2D eigenvalue weighted by atomic mass is 9.82. The van der Waals surface area contributed by atoms with Crippen LogP contribution in [0.2, 0.25) is 0 Å². The lowest BCUT2D eigenvalue weighted by molar-refractivity contribution is -0.150. The number of piperidine rings is 1. The molecular formula is C12H21N3O4. The molecule has 1 aliphatic heterocycles. The number of carbonyl (C=O) groups excluding carboxylic acids is 2. The number of amides is 3. The van der Waals surface area contributed by atoms with Gasteiger partial charge in [-0.05, 0) is 19.8 Å². The molecule has 1 fully saturated rings. The Labute approximate surface area is 112 Å². The van der Waals surface area contributed by atoms with E-state index in [2.05, 4.69) is 10.6 Å². The summed E-state index contributed by atoms with van der Waals surface area (Å²) in [6, 6.07) is -0.280. The second-order valence-corrected chi connectivity index (χ2v) is 5.11. The zero-order valence-corrected chi connectivity index (χ0v) is 11.4. The van der Waals surface area contributed by atoms with E-state index >= 15 is 0 Å². The smallest absolute Gasteiger partial charge is 0.317 e. The Hall–Kier alpha value is -1.79. The third-order valence-corrected chi connectivity index (χ3v) is 3.28. The first-order valence-electron chi connectivity index (χ1n) is 6.36. The van der Waals surface area contributed by atoms with Crippen molar-refractivity contribution in [3.8, 4) is 0 Å². The highest BCUT2D eigenvalue weighted by Gasteiger charge is 2.39. The monoisotopic (exact) mass is 271 g/mol. The van der Waals surface area contributed by atoms with E-state index in [0.29, 0.717) is 32.5 Å². The van der Waals surface area contributed by atoms with Crippen LogP contribution in [0.3, 0.4) is 0 Å². The molecule has 108 valence electrons. The first-order valence-corrected chi connectivity index (χ1v) is 6.36. The number of carboxylic acids is 1. The van der Waals surface area contributed by atoms with E-state index in [9.17, 15) is 14.4 Å². The quantitative estimate of drug-likeness (QED) is 0.628. The predicted octanol–water partition coefficient (Wildman–Crippen LogP) is 0.0188. The summed E-state index contributed by atoms with van der Waals surface area (Å²) in [5, 5.41) is 14.4. The number of rotatable bonds is 4. The summed E-state index contributed by atoms with van der Waals surface area (Å²) in [6.45, 7) is 4.55. The van der Waals surface area contributed by atoms with Crippen LogP contribution in [0, 0.1) is 5.41 Å². The summed E-state index contributed by atoms with van der Waals surface area (Å²) >= 11 is 0. The molecule has 1 heterocycles. The maximum Gasteiger partial charge on any atom is 0.317 e. The number of hydrogen-bond donors (Lipinski definition) is 3. The molecule has 0 aliphatic carbocycles. The topological polar surface area (TPSA) is 98.7 Å². The third-order valence-electron chi connectivity index (χ3n) is 3.28. The fourth-order valence-electron chi connectivity index (χ4n) is 2.11. The van der Waals surface area contributed by atoms with Crippen LogP contribution in [-0.2, 0) is 9.59 Å². The molecule has 0 spiro atoms. The highest BCUT2D eigenvalue weighted by atomic mass is 16.4. The summed E-state index contributed by atoms with van der Waals surface area (Å²) in [4.78, 5) is 35.2. The van der Waals surface area contributed by atoms with Gasteiger partial charge in [0.05, 0.1) is 5.41 Å². The van der Waals surface area contributed by atoms with Gasteiger partial charge < -0.3 is 20.6 Å². The molecule has 3 amide bonds. The van der Waals surface area contributed by atoms with Crippen LogP contribution in [0.5, 0.6) is 0 Å². The van der Waals surface area contributed by atoms with E-state index in [0.717, 1.165) is 0 Å². The van der Waals surface area contributed by atoms with Gasteiger partial charge in [-0.15, -0.1) is 0 Å². The molecule has 1 saturated heterocycles. The summed E-state index contributed by atoms with van der Waals surface area (Å²) in [5.41, 5.74) is -0.868. The predicted molar refractivity (Wildman–Crippen MR) is 68.6 cm³/mol. The van der Waals surface area contributed by atoms with Crippen molar-refractivity contribution in [2.75, 3.05) is 26.2 Å². The van der Waals surface area contributed by atoms with Crippen LogP contribution in [0.25, 0.3) is 0 Å². The molecule has 1 unspecified atom stereocenters. The van der Waals surface area contributed by atoms with E-state index in [-0.39, 0.29) is 18.5 Å². The van der Waals surface area contributed by atoms with Crippen molar-refractivity contribution in [3.05, 3.63) is 0 Å². The molecule has 0 aromatic carbocycles. The van der Waals surface area contributed by atoms with Gasteiger partial charge in [0.1, 0.15) is 0 Å². The minimum absolute atomic E-state index is 0.148. The van der Waals surface area contributed by atoms with Crippen LogP contribution in [0.4, 0.5) is 4.79 Å². The molecule has 1 rings (SSSR count). The molecule has 1 atom stereocenters. The second-order valence-electron chi connectivity index (χ2n) is 5.11. The zero-order valence-electron chi connectivity index (χ0n) is 11.4. The number of hydrogen-bond acceptors (Lipinski definition) is 3. The van der Waals surface area contributed by atoms with E-state index in [1.807, 2.05) is 0 Å². The molecular weight excluding hydrogens is 250 g/mol. The van der Waals surface area contributed by atoms with Crippen LogP contribution in [-0.4, -0.2) is 54.1 Å². The number of carboxylic acid groups (broad SMARTS) is 1. The molecule has 0 aromatic rings. The number of nitrogens with zero attached hydrogens (tertiary/aromatic N) is 1. The summed E-state index contributed by atoms with van der Waals surface area (Å²) in [6.07, 6.45) is 1.26. The van der Waals surface area contributed by atoms with Crippen LogP contribution >= 0.6 is 0 Å². The van der Waals surface area contributed by atoms with Crippen molar-refractivity contribution in [1.29, 1.82) is 0 Å². The molecule has 0 aromatic heterocycles. The number of likely N-dealkylation sites (tertiary alicyclic amines) is 1. The molecule has 1 aliphatic rings. The van der Waals surface area contributed by atoms with Crippen molar-refractivity contribution in [2.45, 2.75) is 26.7 Å². The Morgan fingerprint density at radius 1 is 1.26 bits per heavy atom. The number of aliphatic carboxylic acids is 1. The summed E-state index contributed by atoms with van der Waals surface area (Å²) in [7, 11) is 0. The Morgan fingerprint density at radius 2 is 1.89 bits per heavy atom. The van der Waals surface area contributed by atoms with Gasteiger partial charge in [-0.3, -0.25) is 9.59 Å². The van der Waals surface area contributed by atoms with Crippen LogP contribution in [0.15, 0.2) is 0 Å². The normalized spacial score (nSPS) is 22.7. The molecule has 7 nitrogen and oxygen atoms in total. The van der Waals surface area contributed by atoms with E-state index < -0.39 is 11.4 Å². The van der Waals surface area contributed by atoms with Crippen molar-refractivity contribution >= 4 is 17.9 Å². The fraction of sp³-hybridized carbons (Fsp3) is 0.750. The summed E-state index contributed by atoms with van der Waals surface area (Å²) in [5.74, 6) is -1.02.